The smallest absolute Gasteiger partial charge is 0.397 e. The predicted octanol–water partition coefficient (Wildman–Crippen LogP) is 0.955. The first-order valence-corrected chi connectivity index (χ1v) is 6.16. The maximum absolute atomic E-state index is 11.5. The van der Waals surface area contributed by atoms with Crippen molar-refractivity contribution in [2.45, 2.75) is 26.5 Å². The molecule has 0 unspecified atom stereocenters. The summed E-state index contributed by atoms with van der Waals surface area (Å²) in [5, 5.41) is 11.1. The SMILES string of the molecule is CC(C)[C@H](NC(=O)C(=O)OCc1ccccc1)C(=O)O. The van der Waals surface area contributed by atoms with E-state index in [-0.39, 0.29) is 12.5 Å². The molecular weight excluding hydrogens is 262 g/mol. The Kier molecular flexibility index (Phi) is 5.71. The van der Waals surface area contributed by atoms with E-state index in [2.05, 4.69) is 5.32 Å². The minimum absolute atomic E-state index is 0.0352. The number of aliphatic carboxylic acids is 1. The fourth-order valence-electron chi connectivity index (χ4n) is 1.50. The third-order valence-corrected chi connectivity index (χ3v) is 2.62. The molecule has 0 aliphatic carbocycles. The average molecular weight is 279 g/mol. The molecule has 0 heterocycles. The summed E-state index contributed by atoms with van der Waals surface area (Å²) in [6.07, 6.45) is 0. The van der Waals surface area contributed by atoms with E-state index < -0.39 is 23.9 Å². The largest absolute Gasteiger partial charge is 0.480 e. The Balaban J connectivity index is 2.51. The number of ether oxygens (including phenoxy) is 1. The van der Waals surface area contributed by atoms with Crippen molar-refractivity contribution in [1.82, 2.24) is 5.32 Å². The van der Waals surface area contributed by atoms with Gasteiger partial charge in [-0.15, -0.1) is 0 Å². The van der Waals surface area contributed by atoms with Crippen LogP contribution >= 0.6 is 0 Å². The Hall–Kier alpha value is -2.37. The van der Waals surface area contributed by atoms with Crippen LogP contribution in [0, 0.1) is 5.92 Å². The van der Waals surface area contributed by atoms with Crippen LogP contribution in [0.2, 0.25) is 0 Å². The molecule has 20 heavy (non-hydrogen) atoms. The van der Waals surface area contributed by atoms with Crippen LogP contribution in [0.5, 0.6) is 0 Å². The minimum atomic E-state index is -1.19. The van der Waals surface area contributed by atoms with Crippen LogP contribution in [0.4, 0.5) is 0 Å². The minimum Gasteiger partial charge on any atom is -0.480 e. The van der Waals surface area contributed by atoms with Gasteiger partial charge in [-0.05, 0) is 11.5 Å². The van der Waals surface area contributed by atoms with Gasteiger partial charge in [0.15, 0.2) is 0 Å². The van der Waals surface area contributed by atoms with Gasteiger partial charge in [0.1, 0.15) is 12.6 Å². The van der Waals surface area contributed by atoms with Crippen molar-refractivity contribution in [2.75, 3.05) is 0 Å². The number of amides is 1. The number of hydrogen-bond acceptors (Lipinski definition) is 4. The van der Waals surface area contributed by atoms with Crippen LogP contribution < -0.4 is 5.32 Å². The number of esters is 1. The van der Waals surface area contributed by atoms with E-state index in [9.17, 15) is 14.4 Å². The maximum Gasteiger partial charge on any atom is 0.397 e. The summed E-state index contributed by atoms with van der Waals surface area (Å²) in [5.41, 5.74) is 0.743. The molecule has 0 aromatic heterocycles. The Labute approximate surface area is 116 Å². The van der Waals surface area contributed by atoms with Crippen LogP contribution in [0.1, 0.15) is 19.4 Å². The fourth-order valence-corrected chi connectivity index (χ4v) is 1.50. The van der Waals surface area contributed by atoms with Gasteiger partial charge in [-0.3, -0.25) is 4.79 Å². The number of nitrogens with one attached hydrogen (secondary N) is 1. The van der Waals surface area contributed by atoms with Crippen LogP contribution in [0.25, 0.3) is 0 Å². The van der Waals surface area contributed by atoms with Gasteiger partial charge >= 0.3 is 17.8 Å². The highest BCUT2D eigenvalue weighted by Crippen LogP contribution is 2.03. The zero-order valence-corrected chi connectivity index (χ0v) is 11.3. The Morgan fingerprint density at radius 1 is 1.20 bits per heavy atom. The monoisotopic (exact) mass is 279 g/mol. The lowest BCUT2D eigenvalue weighted by Gasteiger charge is -2.17. The van der Waals surface area contributed by atoms with Gasteiger partial charge < -0.3 is 15.2 Å². The fraction of sp³-hybridized carbons (Fsp3) is 0.357. The Bertz CT molecular complexity index is 484. The van der Waals surface area contributed by atoms with Crippen LogP contribution in [-0.4, -0.2) is 29.0 Å². The van der Waals surface area contributed by atoms with Crippen molar-refractivity contribution in [3.05, 3.63) is 35.9 Å². The summed E-state index contributed by atoms with van der Waals surface area (Å²) in [4.78, 5) is 33.9. The highest BCUT2D eigenvalue weighted by atomic mass is 16.5. The zero-order chi connectivity index (χ0) is 15.1. The normalized spacial score (nSPS) is 11.8. The summed E-state index contributed by atoms with van der Waals surface area (Å²) >= 11 is 0. The molecule has 1 aromatic carbocycles. The zero-order valence-electron chi connectivity index (χ0n) is 11.3. The van der Waals surface area contributed by atoms with E-state index in [0.717, 1.165) is 5.56 Å². The van der Waals surface area contributed by atoms with E-state index in [1.54, 1.807) is 38.1 Å². The predicted molar refractivity (Wildman–Crippen MR) is 70.6 cm³/mol. The second-order valence-corrected chi connectivity index (χ2v) is 4.60. The molecule has 6 heteroatoms. The quantitative estimate of drug-likeness (QED) is 0.618. The molecule has 1 rings (SSSR count). The van der Waals surface area contributed by atoms with Crippen molar-refractivity contribution < 1.29 is 24.2 Å². The highest BCUT2D eigenvalue weighted by molar-refractivity contribution is 6.32. The molecule has 0 aliphatic rings. The van der Waals surface area contributed by atoms with Gasteiger partial charge in [0.25, 0.3) is 0 Å². The number of carboxylic acids is 1. The molecule has 2 N–H and O–H groups in total. The molecule has 0 spiro atoms. The first-order chi connectivity index (χ1) is 9.41. The second-order valence-electron chi connectivity index (χ2n) is 4.60. The first-order valence-electron chi connectivity index (χ1n) is 6.16. The molecule has 1 amide bonds. The lowest BCUT2D eigenvalue weighted by atomic mass is 10.1. The summed E-state index contributed by atoms with van der Waals surface area (Å²) < 4.78 is 4.81. The molecule has 0 saturated heterocycles. The number of rotatable bonds is 5. The van der Waals surface area contributed by atoms with Gasteiger partial charge in [0.2, 0.25) is 0 Å². The number of carboxylic acid groups (broad SMARTS) is 1. The molecule has 108 valence electrons. The second kappa shape index (κ2) is 7.28. The van der Waals surface area contributed by atoms with E-state index in [1.807, 2.05) is 6.07 Å². The maximum atomic E-state index is 11.5. The number of hydrogen-bond donors (Lipinski definition) is 2. The lowest BCUT2D eigenvalue weighted by Crippen LogP contribution is -2.47. The van der Waals surface area contributed by atoms with Crippen molar-refractivity contribution in [3.63, 3.8) is 0 Å². The van der Waals surface area contributed by atoms with E-state index in [4.69, 9.17) is 9.84 Å². The summed E-state index contributed by atoms with van der Waals surface area (Å²) in [6.45, 7) is 3.23. The van der Waals surface area contributed by atoms with Gasteiger partial charge in [0, 0.05) is 0 Å². The van der Waals surface area contributed by atoms with Crippen molar-refractivity contribution in [1.29, 1.82) is 0 Å². The molecule has 1 atom stereocenters. The van der Waals surface area contributed by atoms with Crippen molar-refractivity contribution >= 4 is 17.8 Å². The molecule has 1 aromatic rings. The van der Waals surface area contributed by atoms with Crippen molar-refractivity contribution in [2.24, 2.45) is 5.92 Å². The molecule has 0 saturated carbocycles. The van der Waals surface area contributed by atoms with E-state index in [1.165, 1.54) is 0 Å². The van der Waals surface area contributed by atoms with Gasteiger partial charge in [-0.1, -0.05) is 44.2 Å². The third-order valence-electron chi connectivity index (χ3n) is 2.62. The van der Waals surface area contributed by atoms with E-state index >= 15 is 0 Å². The summed E-state index contributed by atoms with van der Waals surface area (Å²) in [6, 6.07) is 7.76. The van der Waals surface area contributed by atoms with Gasteiger partial charge in [-0.2, -0.15) is 0 Å². The molecule has 0 radical (unpaired) electrons. The molecule has 0 aliphatic heterocycles. The molecule has 6 nitrogen and oxygen atoms in total. The van der Waals surface area contributed by atoms with Gasteiger partial charge in [0.05, 0.1) is 0 Å². The van der Waals surface area contributed by atoms with Crippen molar-refractivity contribution in [3.8, 4) is 0 Å². The standard InChI is InChI=1S/C14H17NO5/c1-9(2)11(13(17)18)15-12(16)14(19)20-8-10-6-4-3-5-7-10/h3-7,9,11H,8H2,1-2H3,(H,15,16)(H,17,18)/t11-/m0/s1. The Morgan fingerprint density at radius 3 is 2.30 bits per heavy atom. The van der Waals surface area contributed by atoms with Crippen LogP contribution in [0.15, 0.2) is 30.3 Å². The first kappa shape index (κ1) is 15.7. The topological polar surface area (TPSA) is 92.7 Å². The van der Waals surface area contributed by atoms with E-state index in [0.29, 0.717) is 0 Å². The number of carbonyl (C=O) groups excluding carboxylic acids is 2. The summed E-state index contributed by atoms with van der Waals surface area (Å²) in [7, 11) is 0. The average Bonchev–Trinajstić information content (AvgIpc) is 2.42. The molecule has 0 fully saturated rings. The van der Waals surface area contributed by atoms with Crippen LogP contribution in [0.3, 0.4) is 0 Å². The third kappa shape index (κ3) is 4.72. The Morgan fingerprint density at radius 2 is 1.80 bits per heavy atom. The lowest BCUT2D eigenvalue weighted by molar-refractivity contribution is -0.157. The van der Waals surface area contributed by atoms with Crippen LogP contribution in [-0.2, 0) is 25.7 Å². The highest BCUT2D eigenvalue weighted by Gasteiger charge is 2.27. The molecule has 0 bridgehead atoms. The van der Waals surface area contributed by atoms with Gasteiger partial charge in [-0.25, -0.2) is 9.59 Å². The summed E-state index contributed by atoms with van der Waals surface area (Å²) in [5.74, 6) is -3.68. The number of benzene rings is 1. The number of carbonyl (C=O) groups is 3. The molecular formula is C14H17NO5.